The number of nitrogens with zero attached hydrogens (tertiary/aromatic N) is 3. The van der Waals surface area contributed by atoms with E-state index in [0.717, 1.165) is 0 Å². The Labute approximate surface area is 216 Å². The molecule has 4 heterocycles. The molecule has 2 saturated heterocycles. The zero-order valence-electron chi connectivity index (χ0n) is 21.1. The Balaban J connectivity index is 1.46. The molecule has 2 aromatic heterocycles. The average molecular weight is 546 g/mol. The number of rotatable bonds is 6. The predicted molar refractivity (Wildman–Crippen MR) is 126 cm³/mol. The monoisotopic (exact) mass is 545 g/mol. The zero-order chi connectivity index (χ0) is 27.1. The lowest BCUT2D eigenvalue weighted by molar-refractivity contribution is -0.183. The van der Waals surface area contributed by atoms with Crippen molar-refractivity contribution in [1.82, 2.24) is 25.2 Å². The molecule has 4 unspecified atom stereocenters. The van der Waals surface area contributed by atoms with Crippen LogP contribution in [0.1, 0.15) is 61.2 Å². The van der Waals surface area contributed by atoms with Gasteiger partial charge in [0, 0.05) is 37.3 Å². The Kier molecular flexibility index (Phi) is 7.62. The molecule has 0 aromatic carbocycles. The quantitative estimate of drug-likeness (QED) is 0.538. The summed E-state index contributed by atoms with van der Waals surface area (Å²) in [6.45, 7) is 0.595. The summed E-state index contributed by atoms with van der Waals surface area (Å²) in [6, 6.07) is 1.51. The van der Waals surface area contributed by atoms with Gasteiger partial charge in [-0.05, 0) is 38.3 Å². The van der Waals surface area contributed by atoms with Gasteiger partial charge in [0.1, 0.15) is 6.10 Å². The molecule has 2 N–H and O–H groups in total. The van der Waals surface area contributed by atoms with E-state index >= 15 is 0 Å². The SMILES string of the molecule is CNC(c1cn2nc(CC3CC(C(F)(F)F)CNC3=O)c(C3COCCO3)cc2n1)C1CCC(F)(F)CC1. The first-order chi connectivity index (χ1) is 18.0. The summed E-state index contributed by atoms with van der Waals surface area (Å²) >= 11 is 0. The minimum absolute atomic E-state index is 0.00419. The van der Waals surface area contributed by atoms with Crippen molar-refractivity contribution in [1.29, 1.82) is 0 Å². The smallest absolute Gasteiger partial charge is 0.376 e. The van der Waals surface area contributed by atoms with E-state index in [1.807, 2.05) is 0 Å². The fraction of sp³-hybridized carbons (Fsp3) is 0.720. The first-order valence-electron chi connectivity index (χ1n) is 13.0. The van der Waals surface area contributed by atoms with Crippen LogP contribution in [0.5, 0.6) is 0 Å². The molecular weight excluding hydrogens is 513 g/mol. The van der Waals surface area contributed by atoms with Crippen LogP contribution in [0.4, 0.5) is 22.0 Å². The van der Waals surface area contributed by atoms with Gasteiger partial charge in [-0.15, -0.1) is 0 Å². The van der Waals surface area contributed by atoms with Crippen LogP contribution in [0.25, 0.3) is 5.65 Å². The molecule has 1 saturated carbocycles. The standard InChI is InChI=1S/C25H32F5N5O3/c1-31-22(14-2-4-24(26,27)5-3-14)19-12-35-21(33-19)10-17(20-13-37-6-7-38-20)18(34-35)9-15-8-16(25(28,29)30)11-32-23(15)36/h10,12,14-16,20,22,31H,2-9,11,13H2,1H3,(H,32,36). The van der Waals surface area contributed by atoms with Crippen LogP contribution in [0.3, 0.4) is 0 Å². The zero-order valence-corrected chi connectivity index (χ0v) is 21.1. The predicted octanol–water partition coefficient (Wildman–Crippen LogP) is 3.76. The first-order valence-corrected chi connectivity index (χ1v) is 13.0. The van der Waals surface area contributed by atoms with Gasteiger partial charge in [0.2, 0.25) is 11.8 Å². The third-order valence-corrected chi connectivity index (χ3v) is 7.97. The number of imidazole rings is 1. The molecule has 2 aliphatic heterocycles. The highest BCUT2D eigenvalue weighted by Crippen LogP contribution is 2.41. The summed E-state index contributed by atoms with van der Waals surface area (Å²) < 4.78 is 80.6. The van der Waals surface area contributed by atoms with Crippen molar-refractivity contribution in [3.8, 4) is 0 Å². The van der Waals surface area contributed by atoms with Gasteiger partial charge >= 0.3 is 6.18 Å². The Bertz CT molecular complexity index is 1140. The number of fused-ring (bicyclic) bond motifs is 1. The number of hydrogen-bond donors (Lipinski definition) is 2. The largest absolute Gasteiger partial charge is 0.393 e. The fourth-order valence-electron chi connectivity index (χ4n) is 5.83. The second-order valence-electron chi connectivity index (χ2n) is 10.5. The molecular formula is C25H32F5N5O3. The second kappa shape index (κ2) is 10.6. The molecule has 1 amide bonds. The first kappa shape index (κ1) is 27.2. The molecule has 3 fully saturated rings. The van der Waals surface area contributed by atoms with Crippen molar-refractivity contribution >= 4 is 11.6 Å². The summed E-state index contributed by atoms with van der Waals surface area (Å²) in [5, 5.41) is 10.3. The van der Waals surface area contributed by atoms with Crippen molar-refractivity contribution < 1.29 is 36.2 Å². The summed E-state index contributed by atoms with van der Waals surface area (Å²) in [6.07, 6.45) is -3.12. The lowest BCUT2D eigenvalue weighted by atomic mass is 9.81. The third kappa shape index (κ3) is 5.79. The van der Waals surface area contributed by atoms with E-state index in [-0.39, 0.29) is 44.2 Å². The van der Waals surface area contributed by atoms with Crippen molar-refractivity contribution in [3.05, 3.63) is 29.2 Å². The molecule has 0 spiro atoms. The van der Waals surface area contributed by atoms with Crippen LogP contribution >= 0.6 is 0 Å². The maximum atomic E-state index is 13.7. The Hall–Kier alpha value is -2.38. The molecule has 8 nitrogen and oxygen atoms in total. The second-order valence-corrected chi connectivity index (χ2v) is 10.5. The topological polar surface area (TPSA) is 89.8 Å². The Morgan fingerprint density at radius 1 is 1.26 bits per heavy atom. The number of piperidine rings is 1. The van der Waals surface area contributed by atoms with Crippen molar-refractivity contribution in [3.63, 3.8) is 0 Å². The maximum absolute atomic E-state index is 13.7. The fourth-order valence-corrected chi connectivity index (χ4v) is 5.83. The highest BCUT2D eigenvalue weighted by Gasteiger charge is 2.45. The van der Waals surface area contributed by atoms with Crippen LogP contribution in [-0.2, 0) is 20.7 Å². The number of aromatic nitrogens is 3. The van der Waals surface area contributed by atoms with E-state index in [4.69, 9.17) is 14.5 Å². The summed E-state index contributed by atoms with van der Waals surface area (Å²) in [5.41, 5.74) is 2.20. The molecule has 2 aromatic rings. The van der Waals surface area contributed by atoms with E-state index < -0.39 is 42.5 Å². The number of halogens is 5. The van der Waals surface area contributed by atoms with E-state index in [1.54, 1.807) is 23.8 Å². The van der Waals surface area contributed by atoms with Gasteiger partial charge in [-0.1, -0.05) is 0 Å². The van der Waals surface area contributed by atoms with Crippen LogP contribution in [-0.4, -0.2) is 66.0 Å². The number of carbonyl (C=O) groups excluding carboxylic acids is 1. The van der Waals surface area contributed by atoms with Gasteiger partial charge < -0.3 is 20.1 Å². The number of hydrogen-bond acceptors (Lipinski definition) is 6. The van der Waals surface area contributed by atoms with Crippen molar-refractivity contribution in [2.45, 2.75) is 62.8 Å². The van der Waals surface area contributed by atoms with Gasteiger partial charge in [0.15, 0.2) is 5.65 Å². The highest BCUT2D eigenvalue weighted by molar-refractivity contribution is 5.79. The van der Waals surface area contributed by atoms with Gasteiger partial charge in [0.25, 0.3) is 0 Å². The average Bonchev–Trinajstić information content (AvgIpc) is 3.28. The molecule has 1 aliphatic carbocycles. The normalized spacial score (nSPS) is 27.8. The molecule has 13 heteroatoms. The van der Waals surface area contributed by atoms with Gasteiger partial charge in [-0.2, -0.15) is 18.3 Å². The van der Waals surface area contributed by atoms with Crippen molar-refractivity contribution in [2.75, 3.05) is 33.4 Å². The minimum Gasteiger partial charge on any atom is -0.376 e. The van der Waals surface area contributed by atoms with Gasteiger partial charge in [-0.25, -0.2) is 18.3 Å². The molecule has 0 bridgehead atoms. The number of nitrogens with one attached hydrogen (secondary N) is 2. The van der Waals surface area contributed by atoms with Crippen LogP contribution in [0, 0.1) is 17.8 Å². The Morgan fingerprint density at radius 2 is 2.03 bits per heavy atom. The van der Waals surface area contributed by atoms with E-state index in [0.29, 0.717) is 48.7 Å². The molecule has 210 valence electrons. The number of amides is 1. The number of alkyl halides is 5. The molecule has 0 radical (unpaired) electrons. The van der Waals surface area contributed by atoms with Crippen LogP contribution < -0.4 is 10.6 Å². The van der Waals surface area contributed by atoms with Crippen LogP contribution in [0.2, 0.25) is 0 Å². The van der Waals surface area contributed by atoms with Crippen molar-refractivity contribution in [2.24, 2.45) is 17.8 Å². The molecule has 38 heavy (non-hydrogen) atoms. The van der Waals surface area contributed by atoms with E-state index in [1.165, 1.54) is 0 Å². The summed E-state index contributed by atoms with van der Waals surface area (Å²) in [4.78, 5) is 17.3. The van der Waals surface area contributed by atoms with E-state index in [9.17, 15) is 26.7 Å². The highest BCUT2D eigenvalue weighted by atomic mass is 19.4. The summed E-state index contributed by atoms with van der Waals surface area (Å²) in [5.74, 6) is -5.62. The minimum atomic E-state index is -4.41. The van der Waals surface area contributed by atoms with E-state index in [2.05, 4.69) is 15.7 Å². The Morgan fingerprint density at radius 3 is 2.68 bits per heavy atom. The third-order valence-electron chi connectivity index (χ3n) is 7.97. The summed E-state index contributed by atoms with van der Waals surface area (Å²) in [7, 11) is 1.76. The molecule has 3 aliphatic rings. The number of ether oxygens (including phenoxy) is 2. The van der Waals surface area contributed by atoms with Gasteiger partial charge in [-0.3, -0.25) is 4.79 Å². The maximum Gasteiger partial charge on any atom is 0.393 e. The molecule has 5 rings (SSSR count). The van der Waals surface area contributed by atoms with Crippen LogP contribution in [0.15, 0.2) is 12.3 Å². The lowest BCUT2D eigenvalue weighted by Crippen LogP contribution is -2.47. The lowest BCUT2D eigenvalue weighted by Gasteiger charge is -2.32. The number of carbonyl (C=O) groups is 1. The van der Waals surface area contributed by atoms with Gasteiger partial charge in [0.05, 0.1) is 49.4 Å². The molecule has 4 atom stereocenters.